The first-order valence-corrected chi connectivity index (χ1v) is 7.62. The normalized spacial score (nSPS) is 10.8. The van der Waals surface area contributed by atoms with Crippen molar-refractivity contribution in [2.75, 3.05) is 0 Å². The smallest absolute Gasteiger partial charge is 0.194 e. The minimum Gasteiger partial charge on any atom is -0.289 e. The van der Waals surface area contributed by atoms with Gasteiger partial charge >= 0.3 is 0 Å². The van der Waals surface area contributed by atoms with E-state index in [-0.39, 0.29) is 10.3 Å². The molecule has 0 radical (unpaired) electrons. The van der Waals surface area contributed by atoms with E-state index < -0.39 is 5.82 Å². The molecule has 0 N–H and O–H groups in total. The van der Waals surface area contributed by atoms with Crippen LogP contribution in [-0.2, 0) is 0 Å². The van der Waals surface area contributed by atoms with Crippen molar-refractivity contribution in [2.24, 2.45) is 0 Å². The van der Waals surface area contributed by atoms with Gasteiger partial charge in [-0.05, 0) is 90.5 Å². The standard InChI is InChI=1S/C18H18BrFO/c1-9-10(2)12(4)16(13(5)11(9)3)18(21)14-7-6-8-15(20)17(14)19/h6-8H,1-5H3. The van der Waals surface area contributed by atoms with Gasteiger partial charge in [-0.2, -0.15) is 0 Å². The summed E-state index contributed by atoms with van der Waals surface area (Å²) in [5.41, 5.74) is 6.43. The highest BCUT2D eigenvalue weighted by molar-refractivity contribution is 9.10. The quantitative estimate of drug-likeness (QED) is 0.667. The third-order valence-electron chi connectivity index (χ3n) is 4.42. The van der Waals surface area contributed by atoms with Crippen molar-refractivity contribution in [3.63, 3.8) is 0 Å². The summed E-state index contributed by atoms with van der Waals surface area (Å²) in [5, 5.41) is 0. The number of carbonyl (C=O) groups excluding carboxylic acids is 1. The molecule has 0 bridgehead atoms. The van der Waals surface area contributed by atoms with Crippen LogP contribution in [0.4, 0.5) is 4.39 Å². The van der Waals surface area contributed by atoms with E-state index in [0.29, 0.717) is 11.1 Å². The Morgan fingerprint density at radius 1 is 0.905 bits per heavy atom. The van der Waals surface area contributed by atoms with Crippen molar-refractivity contribution in [3.8, 4) is 0 Å². The van der Waals surface area contributed by atoms with E-state index >= 15 is 0 Å². The van der Waals surface area contributed by atoms with Crippen LogP contribution in [0.1, 0.15) is 43.7 Å². The molecule has 0 amide bonds. The summed E-state index contributed by atoms with van der Waals surface area (Å²) >= 11 is 3.18. The molecule has 0 aliphatic rings. The fourth-order valence-electron chi connectivity index (χ4n) is 2.65. The summed E-state index contributed by atoms with van der Waals surface area (Å²) in [7, 11) is 0. The first kappa shape index (κ1) is 15.9. The van der Waals surface area contributed by atoms with Crippen LogP contribution in [0.5, 0.6) is 0 Å². The molecule has 0 spiro atoms. The summed E-state index contributed by atoms with van der Waals surface area (Å²) < 4.78 is 13.9. The highest BCUT2D eigenvalue weighted by Crippen LogP contribution is 2.30. The van der Waals surface area contributed by atoms with Gasteiger partial charge in [0, 0.05) is 11.1 Å². The van der Waals surface area contributed by atoms with Crippen LogP contribution in [0.3, 0.4) is 0 Å². The summed E-state index contributed by atoms with van der Waals surface area (Å²) in [6, 6.07) is 4.55. The predicted octanol–water partition coefficient (Wildman–Crippen LogP) is 5.36. The topological polar surface area (TPSA) is 17.1 Å². The fraction of sp³-hybridized carbons (Fsp3) is 0.278. The van der Waals surface area contributed by atoms with Crippen LogP contribution in [0.25, 0.3) is 0 Å². The Balaban J connectivity index is 2.73. The second-order valence-corrected chi connectivity index (χ2v) is 6.22. The minimum atomic E-state index is -0.420. The summed E-state index contributed by atoms with van der Waals surface area (Å²) in [6.45, 7) is 10.0. The van der Waals surface area contributed by atoms with Crippen molar-refractivity contribution >= 4 is 21.7 Å². The predicted molar refractivity (Wildman–Crippen MR) is 87.7 cm³/mol. The van der Waals surface area contributed by atoms with Crippen molar-refractivity contribution < 1.29 is 9.18 Å². The first-order chi connectivity index (χ1) is 9.77. The highest BCUT2D eigenvalue weighted by Gasteiger charge is 2.22. The van der Waals surface area contributed by atoms with Crippen molar-refractivity contribution in [1.29, 1.82) is 0 Å². The first-order valence-electron chi connectivity index (χ1n) is 6.83. The van der Waals surface area contributed by atoms with Gasteiger partial charge in [-0.1, -0.05) is 6.07 Å². The van der Waals surface area contributed by atoms with Gasteiger partial charge in [0.25, 0.3) is 0 Å². The van der Waals surface area contributed by atoms with E-state index in [1.54, 1.807) is 12.1 Å². The molecule has 0 heterocycles. The van der Waals surface area contributed by atoms with E-state index in [2.05, 4.69) is 22.9 Å². The Kier molecular flexibility index (Phi) is 4.33. The maximum absolute atomic E-state index is 13.7. The SMILES string of the molecule is Cc1c(C)c(C)c(C(=O)c2cccc(F)c2Br)c(C)c1C. The van der Waals surface area contributed by atoms with Crippen LogP contribution in [0, 0.1) is 40.4 Å². The fourth-order valence-corrected chi connectivity index (χ4v) is 3.10. The molecular formula is C18H18BrFO. The summed E-state index contributed by atoms with van der Waals surface area (Å²) in [6.07, 6.45) is 0. The number of rotatable bonds is 2. The third kappa shape index (κ3) is 2.55. The number of ketones is 1. The maximum Gasteiger partial charge on any atom is 0.194 e. The van der Waals surface area contributed by atoms with Gasteiger partial charge in [-0.15, -0.1) is 0 Å². The lowest BCUT2D eigenvalue weighted by atomic mass is 9.86. The second-order valence-electron chi connectivity index (χ2n) is 5.43. The monoisotopic (exact) mass is 348 g/mol. The van der Waals surface area contributed by atoms with E-state index in [1.807, 2.05) is 27.7 Å². The largest absolute Gasteiger partial charge is 0.289 e. The summed E-state index contributed by atoms with van der Waals surface area (Å²) in [4.78, 5) is 12.9. The molecule has 2 aromatic rings. The number of hydrogen-bond acceptors (Lipinski definition) is 1. The molecule has 1 nitrogen and oxygen atoms in total. The molecule has 0 saturated carbocycles. The van der Waals surface area contributed by atoms with Gasteiger partial charge in [0.2, 0.25) is 0 Å². The second kappa shape index (κ2) is 5.72. The lowest BCUT2D eigenvalue weighted by molar-refractivity contribution is 0.103. The molecule has 0 atom stereocenters. The van der Waals surface area contributed by atoms with Crippen LogP contribution in [-0.4, -0.2) is 5.78 Å². The maximum atomic E-state index is 13.7. The van der Waals surface area contributed by atoms with Crippen molar-refractivity contribution in [2.45, 2.75) is 34.6 Å². The molecule has 0 fully saturated rings. The number of hydrogen-bond donors (Lipinski definition) is 0. The minimum absolute atomic E-state index is 0.137. The molecule has 0 aliphatic carbocycles. The van der Waals surface area contributed by atoms with Crippen LogP contribution < -0.4 is 0 Å². The average molecular weight is 349 g/mol. The zero-order chi connectivity index (χ0) is 15.9. The van der Waals surface area contributed by atoms with E-state index in [9.17, 15) is 9.18 Å². The Bertz CT molecular complexity index is 718. The Hall–Kier alpha value is -1.48. The van der Waals surface area contributed by atoms with Gasteiger partial charge in [0.15, 0.2) is 5.78 Å². The summed E-state index contributed by atoms with van der Waals surface area (Å²) in [5.74, 6) is -0.556. The van der Waals surface area contributed by atoms with E-state index in [4.69, 9.17) is 0 Å². The van der Waals surface area contributed by atoms with E-state index in [1.165, 1.54) is 11.6 Å². The Morgan fingerprint density at radius 3 is 1.90 bits per heavy atom. The zero-order valence-electron chi connectivity index (χ0n) is 12.9. The molecule has 3 heteroatoms. The Morgan fingerprint density at radius 2 is 1.38 bits per heavy atom. The Labute approximate surface area is 133 Å². The molecular weight excluding hydrogens is 331 g/mol. The number of carbonyl (C=O) groups is 1. The van der Waals surface area contributed by atoms with E-state index in [0.717, 1.165) is 22.3 Å². The lowest BCUT2D eigenvalue weighted by Gasteiger charge is -2.18. The van der Waals surface area contributed by atoms with Crippen LogP contribution in [0.15, 0.2) is 22.7 Å². The molecule has 0 aromatic heterocycles. The van der Waals surface area contributed by atoms with Crippen molar-refractivity contribution in [1.82, 2.24) is 0 Å². The van der Waals surface area contributed by atoms with Gasteiger partial charge in [-0.25, -0.2) is 4.39 Å². The molecule has 21 heavy (non-hydrogen) atoms. The van der Waals surface area contributed by atoms with Crippen LogP contribution in [0.2, 0.25) is 0 Å². The van der Waals surface area contributed by atoms with Gasteiger partial charge in [-0.3, -0.25) is 4.79 Å². The zero-order valence-corrected chi connectivity index (χ0v) is 14.5. The average Bonchev–Trinajstić information content (AvgIpc) is 2.46. The third-order valence-corrected chi connectivity index (χ3v) is 5.23. The molecule has 0 unspecified atom stereocenters. The van der Waals surface area contributed by atoms with Crippen LogP contribution >= 0.6 is 15.9 Å². The van der Waals surface area contributed by atoms with Crippen molar-refractivity contribution in [3.05, 3.63) is 67.4 Å². The number of benzene rings is 2. The molecule has 2 aromatic carbocycles. The molecule has 110 valence electrons. The van der Waals surface area contributed by atoms with Gasteiger partial charge in [0.1, 0.15) is 5.82 Å². The molecule has 0 saturated heterocycles. The lowest BCUT2D eigenvalue weighted by Crippen LogP contribution is -2.11. The van der Waals surface area contributed by atoms with Gasteiger partial charge < -0.3 is 0 Å². The molecule has 0 aliphatic heterocycles. The molecule has 2 rings (SSSR count). The number of halogens is 2. The van der Waals surface area contributed by atoms with Gasteiger partial charge in [0.05, 0.1) is 4.47 Å². The highest BCUT2D eigenvalue weighted by atomic mass is 79.9.